The third kappa shape index (κ3) is 3.74. The Labute approximate surface area is 141 Å². The van der Waals surface area contributed by atoms with Crippen LogP contribution in [0.3, 0.4) is 0 Å². The van der Waals surface area contributed by atoms with Crippen molar-refractivity contribution in [1.29, 1.82) is 0 Å². The molecule has 1 N–H and O–H groups in total. The molecule has 2 aromatic rings. The standard InChI is InChI=1S/C18H22N2O2S/c1-14-5-6-17(22-2)16(12-14)18(21)20-9-7-19(8-10-20)13-15-4-3-11-23-15/h3-6,11-12H,7-10,13H2,1-2H3/p+1. The second kappa shape index (κ2) is 7.15. The van der Waals surface area contributed by atoms with E-state index in [0.717, 1.165) is 38.3 Å². The van der Waals surface area contributed by atoms with Gasteiger partial charge in [-0.05, 0) is 30.5 Å². The smallest absolute Gasteiger partial charge is 0.258 e. The van der Waals surface area contributed by atoms with E-state index in [1.54, 1.807) is 12.0 Å². The van der Waals surface area contributed by atoms with Crippen LogP contribution >= 0.6 is 11.3 Å². The van der Waals surface area contributed by atoms with Crippen LogP contribution < -0.4 is 9.64 Å². The van der Waals surface area contributed by atoms with Gasteiger partial charge in [0.25, 0.3) is 5.91 Å². The minimum absolute atomic E-state index is 0.0840. The first-order valence-corrected chi connectivity index (χ1v) is 8.85. The lowest BCUT2D eigenvalue weighted by Gasteiger charge is -2.32. The number of nitrogens with zero attached hydrogens (tertiary/aromatic N) is 1. The van der Waals surface area contributed by atoms with Crippen molar-refractivity contribution in [3.8, 4) is 5.75 Å². The summed E-state index contributed by atoms with van der Waals surface area (Å²) in [6.07, 6.45) is 0. The van der Waals surface area contributed by atoms with Gasteiger partial charge in [0.2, 0.25) is 0 Å². The molecule has 23 heavy (non-hydrogen) atoms. The maximum absolute atomic E-state index is 12.8. The van der Waals surface area contributed by atoms with Crippen LogP contribution in [-0.2, 0) is 6.54 Å². The number of nitrogens with one attached hydrogen (secondary N) is 1. The Bertz CT molecular complexity index is 662. The van der Waals surface area contributed by atoms with E-state index in [4.69, 9.17) is 4.74 Å². The summed E-state index contributed by atoms with van der Waals surface area (Å²) in [5.74, 6) is 0.745. The number of aryl methyl sites for hydroxylation is 1. The van der Waals surface area contributed by atoms with Gasteiger partial charge in [0.05, 0.1) is 43.7 Å². The zero-order valence-electron chi connectivity index (χ0n) is 13.7. The highest BCUT2D eigenvalue weighted by molar-refractivity contribution is 7.09. The number of benzene rings is 1. The lowest BCUT2D eigenvalue weighted by Crippen LogP contribution is -3.13. The summed E-state index contributed by atoms with van der Waals surface area (Å²) in [5.41, 5.74) is 1.75. The molecule has 3 rings (SSSR count). The van der Waals surface area contributed by atoms with Gasteiger partial charge in [-0.25, -0.2) is 0 Å². The van der Waals surface area contributed by atoms with Crippen molar-refractivity contribution in [1.82, 2.24) is 4.90 Å². The minimum Gasteiger partial charge on any atom is -0.496 e. The predicted molar refractivity (Wildman–Crippen MR) is 92.4 cm³/mol. The van der Waals surface area contributed by atoms with Crippen molar-refractivity contribution >= 4 is 17.2 Å². The van der Waals surface area contributed by atoms with Gasteiger partial charge in [0.1, 0.15) is 12.3 Å². The average Bonchev–Trinajstić information content (AvgIpc) is 3.08. The maximum atomic E-state index is 12.8. The molecule has 1 amide bonds. The van der Waals surface area contributed by atoms with Gasteiger partial charge in [0.15, 0.2) is 0 Å². The van der Waals surface area contributed by atoms with E-state index in [-0.39, 0.29) is 5.91 Å². The topological polar surface area (TPSA) is 34.0 Å². The highest BCUT2D eigenvalue weighted by atomic mass is 32.1. The van der Waals surface area contributed by atoms with Gasteiger partial charge >= 0.3 is 0 Å². The molecule has 0 bridgehead atoms. The quantitative estimate of drug-likeness (QED) is 0.923. The normalized spacial score (nSPS) is 15.7. The summed E-state index contributed by atoms with van der Waals surface area (Å²) < 4.78 is 5.35. The lowest BCUT2D eigenvalue weighted by molar-refractivity contribution is -0.917. The van der Waals surface area contributed by atoms with Crippen molar-refractivity contribution in [2.24, 2.45) is 0 Å². The van der Waals surface area contributed by atoms with Gasteiger partial charge in [-0.3, -0.25) is 4.79 Å². The van der Waals surface area contributed by atoms with Crippen molar-refractivity contribution in [3.05, 3.63) is 51.7 Å². The maximum Gasteiger partial charge on any atom is 0.258 e. The van der Waals surface area contributed by atoms with E-state index in [9.17, 15) is 4.79 Å². The van der Waals surface area contributed by atoms with Crippen LogP contribution in [0.25, 0.3) is 0 Å². The molecule has 0 spiro atoms. The highest BCUT2D eigenvalue weighted by Crippen LogP contribution is 2.21. The monoisotopic (exact) mass is 331 g/mol. The second-order valence-electron chi connectivity index (χ2n) is 6.00. The van der Waals surface area contributed by atoms with Crippen LogP contribution in [0.5, 0.6) is 5.75 Å². The van der Waals surface area contributed by atoms with E-state index in [1.807, 2.05) is 41.4 Å². The number of carbonyl (C=O) groups excluding carboxylic acids is 1. The molecule has 5 heteroatoms. The number of carbonyl (C=O) groups is 1. The van der Waals surface area contributed by atoms with E-state index >= 15 is 0 Å². The van der Waals surface area contributed by atoms with Crippen LogP contribution in [0.2, 0.25) is 0 Å². The zero-order chi connectivity index (χ0) is 16.2. The summed E-state index contributed by atoms with van der Waals surface area (Å²) in [5, 5.41) is 2.12. The summed E-state index contributed by atoms with van der Waals surface area (Å²) in [6.45, 7) is 6.66. The molecule has 0 unspecified atom stereocenters. The number of amides is 1. The van der Waals surface area contributed by atoms with Crippen LogP contribution in [-0.4, -0.2) is 44.1 Å². The van der Waals surface area contributed by atoms with Crippen LogP contribution in [0, 0.1) is 6.92 Å². The molecule has 1 aromatic heterocycles. The molecule has 2 heterocycles. The summed E-state index contributed by atoms with van der Waals surface area (Å²) >= 11 is 1.81. The fourth-order valence-corrected chi connectivity index (χ4v) is 3.80. The Morgan fingerprint density at radius 2 is 2.09 bits per heavy atom. The van der Waals surface area contributed by atoms with Gasteiger partial charge in [0, 0.05) is 0 Å². The molecule has 0 radical (unpaired) electrons. The first-order chi connectivity index (χ1) is 11.2. The van der Waals surface area contributed by atoms with Crippen LogP contribution in [0.15, 0.2) is 35.7 Å². The largest absolute Gasteiger partial charge is 0.496 e. The van der Waals surface area contributed by atoms with E-state index in [1.165, 1.54) is 4.88 Å². The molecular formula is C18H23N2O2S+. The van der Waals surface area contributed by atoms with Crippen molar-refractivity contribution < 1.29 is 14.4 Å². The van der Waals surface area contributed by atoms with E-state index in [2.05, 4.69) is 17.5 Å². The van der Waals surface area contributed by atoms with Gasteiger partial charge in [-0.1, -0.05) is 17.7 Å². The molecule has 1 fully saturated rings. The van der Waals surface area contributed by atoms with E-state index < -0.39 is 0 Å². The molecule has 1 aliphatic heterocycles. The highest BCUT2D eigenvalue weighted by Gasteiger charge is 2.26. The zero-order valence-corrected chi connectivity index (χ0v) is 14.5. The number of methoxy groups -OCH3 is 1. The van der Waals surface area contributed by atoms with Crippen LogP contribution in [0.4, 0.5) is 0 Å². The third-order valence-electron chi connectivity index (χ3n) is 4.35. The van der Waals surface area contributed by atoms with Crippen LogP contribution in [0.1, 0.15) is 20.8 Å². The molecule has 0 aliphatic carbocycles. The summed E-state index contributed by atoms with van der Waals surface area (Å²) in [6, 6.07) is 10.1. The molecule has 1 aliphatic rings. The van der Waals surface area contributed by atoms with Gasteiger partial charge in [-0.15, -0.1) is 11.3 Å². The van der Waals surface area contributed by atoms with Crippen molar-refractivity contribution in [3.63, 3.8) is 0 Å². The summed E-state index contributed by atoms with van der Waals surface area (Å²) in [4.78, 5) is 17.7. The molecule has 0 saturated carbocycles. The van der Waals surface area contributed by atoms with Crippen molar-refractivity contribution in [2.75, 3.05) is 33.3 Å². The number of hydrogen-bond donors (Lipinski definition) is 1. The first kappa shape index (κ1) is 16.0. The number of ether oxygens (including phenoxy) is 1. The molecule has 1 saturated heterocycles. The number of rotatable bonds is 4. The average molecular weight is 331 g/mol. The lowest BCUT2D eigenvalue weighted by atomic mass is 10.1. The second-order valence-corrected chi connectivity index (χ2v) is 7.03. The Morgan fingerprint density at radius 3 is 2.74 bits per heavy atom. The fraction of sp³-hybridized carbons (Fsp3) is 0.389. The Morgan fingerprint density at radius 1 is 1.30 bits per heavy atom. The third-order valence-corrected chi connectivity index (χ3v) is 5.22. The molecule has 122 valence electrons. The number of hydrogen-bond acceptors (Lipinski definition) is 3. The first-order valence-electron chi connectivity index (χ1n) is 7.97. The van der Waals surface area contributed by atoms with Gasteiger partial charge in [-0.2, -0.15) is 0 Å². The molecule has 1 aromatic carbocycles. The predicted octanol–water partition coefficient (Wildman–Crippen LogP) is 1.61. The fourth-order valence-electron chi connectivity index (χ4n) is 3.02. The Balaban J connectivity index is 1.63. The Hall–Kier alpha value is -1.85. The molecule has 4 nitrogen and oxygen atoms in total. The number of piperazine rings is 1. The number of thiophene rings is 1. The minimum atomic E-state index is 0.0840. The van der Waals surface area contributed by atoms with Crippen molar-refractivity contribution in [2.45, 2.75) is 13.5 Å². The molecule has 0 atom stereocenters. The van der Waals surface area contributed by atoms with Gasteiger partial charge < -0.3 is 14.5 Å². The number of quaternary nitrogens is 1. The van der Waals surface area contributed by atoms with E-state index in [0.29, 0.717) is 11.3 Å². The molecular weight excluding hydrogens is 308 g/mol. The Kier molecular flexibility index (Phi) is 4.98. The summed E-state index contributed by atoms with van der Waals surface area (Å²) in [7, 11) is 1.62. The SMILES string of the molecule is COc1ccc(C)cc1C(=O)N1CC[NH+](Cc2cccs2)CC1.